The third-order valence-corrected chi connectivity index (χ3v) is 5.28. The van der Waals surface area contributed by atoms with Crippen molar-refractivity contribution < 1.29 is 13.2 Å². The van der Waals surface area contributed by atoms with Crippen LogP contribution in [0, 0.1) is 6.92 Å². The molecule has 0 bridgehead atoms. The average molecular weight is 349 g/mol. The molecule has 0 aromatic heterocycles. The Balaban J connectivity index is 3.20. The maximum Gasteiger partial charge on any atom is 0.243 e. The van der Waals surface area contributed by atoms with E-state index in [1.165, 1.54) is 7.05 Å². The molecule has 0 atom stereocenters. The maximum absolute atomic E-state index is 12.5. The second-order valence-corrected chi connectivity index (χ2v) is 6.84. The van der Waals surface area contributed by atoms with E-state index in [9.17, 15) is 13.2 Å². The van der Waals surface area contributed by atoms with Crippen molar-refractivity contribution in [3.05, 3.63) is 28.2 Å². The normalized spacial score (nSPS) is 11.6. The summed E-state index contributed by atoms with van der Waals surface area (Å²) in [4.78, 5) is 11.6. The minimum atomic E-state index is -3.67. The van der Waals surface area contributed by atoms with Crippen LogP contribution in [0.25, 0.3) is 0 Å². The highest BCUT2D eigenvalue weighted by Crippen LogP contribution is 2.23. The second kappa shape index (κ2) is 6.49. The van der Waals surface area contributed by atoms with E-state index in [4.69, 9.17) is 0 Å². The quantitative estimate of drug-likeness (QED) is 0.876. The zero-order chi connectivity index (χ0) is 14.6. The van der Waals surface area contributed by atoms with E-state index in [-0.39, 0.29) is 23.9 Å². The van der Waals surface area contributed by atoms with Gasteiger partial charge in [-0.15, -0.1) is 0 Å². The number of rotatable bonds is 5. The van der Waals surface area contributed by atoms with E-state index < -0.39 is 10.0 Å². The lowest BCUT2D eigenvalue weighted by atomic mass is 10.2. The van der Waals surface area contributed by atoms with Crippen molar-refractivity contribution in [2.45, 2.75) is 18.7 Å². The molecule has 0 saturated heterocycles. The Morgan fingerprint density at radius 2 is 2.05 bits per heavy atom. The number of nitrogens with one attached hydrogen (secondary N) is 1. The summed E-state index contributed by atoms with van der Waals surface area (Å²) in [5.74, 6) is -0.335. The van der Waals surface area contributed by atoms with Crippen LogP contribution in [-0.4, -0.2) is 38.8 Å². The first kappa shape index (κ1) is 16.1. The van der Waals surface area contributed by atoms with Crippen LogP contribution in [0.1, 0.15) is 12.5 Å². The van der Waals surface area contributed by atoms with Crippen LogP contribution in [0.4, 0.5) is 0 Å². The molecule has 0 spiro atoms. The summed E-state index contributed by atoms with van der Waals surface area (Å²) in [7, 11) is -2.19. The molecule has 19 heavy (non-hydrogen) atoms. The average Bonchev–Trinajstić information content (AvgIpc) is 2.37. The summed E-state index contributed by atoms with van der Waals surface area (Å²) < 4.78 is 26.9. The molecule has 1 N–H and O–H groups in total. The molecule has 0 saturated carbocycles. The van der Waals surface area contributed by atoms with E-state index in [0.717, 1.165) is 4.31 Å². The summed E-state index contributed by atoms with van der Waals surface area (Å²) in [6.07, 6.45) is 0. The van der Waals surface area contributed by atoms with Gasteiger partial charge in [0.05, 0.1) is 11.4 Å². The van der Waals surface area contributed by atoms with Gasteiger partial charge in [0.25, 0.3) is 0 Å². The summed E-state index contributed by atoms with van der Waals surface area (Å²) in [6, 6.07) is 5.06. The van der Waals surface area contributed by atoms with Gasteiger partial charge < -0.3 is 5.32 Å². The molecule has 1 amide bonds. The molecule has 0 radical (unpaired) electrons. The molecule has 0 aliphatic rings. The van der Waals surface area contributed by atoms with Crippen molar-refractivity contribution in [3.8, 4) is 0 Å². The number of halogens is 1. The van der Waals surface area contributed by atoms with Crippen LogP contribution in [0.15, 0.2) is 27.6 Å². The summed E-state index contributed by atoms with van der Waals surface area (Å²) in [6.45, 7) is 3.49. The van der Waals surface area contributed by atoms with E-state index in [0.29, 0.717) is 10.0 Å². The lowest BCUT2D eigenvalue weighted by Gasteiger charge is -2.20. The van der Waals surface area contributed by atoms with Crippen LogP contribution in [-0.2, 0) is 14.8 Å². The smallest absolute Gasteiger partial charge is 0.243 e. The van der Waals surface area contributed by atoms with Crippen LogP contribution in [0.2, 0.25) is 0 Å². The first-order chi connectivity index (χ1) is 8.82. The summed E-state index contributed by atoms with van der Waals surface area (Å²) in [5.41, 5.74) is 0.651. The van der Waals surface area contributed by atoms with Gasteiger partial charge in [-0.2, -0.15) is 4.31 Å². The number of amides is 1. The molecule has 7 heteroatoms. The fourth-order valence-electron chi connectivity index (χ4n) is 1.60. The molecule has 0 fully saturated rings. The van der Waals surface area contributed by atoms with Gasteiger partial charge in [-0.3, -0.25) is 4.79 Å². The lowest BCUT2D eigenvalue weighted by molar-refractivity contribution is -0.120. The molecule has 5 nitrogen and oxygen atoms in total. The van der Waals surface area contributed by atoms with Gasteiger partial charge in [0, 0.05) is 18.1 Å². The molecule has 1 aromatic rings. The molecule has 0 unspecified atom stereocenters. The Labute approximate surface area is 122 Å². The number of hydrogen-bond acceptors (Lipinski definition) is 3. The molecule has 0 heterocycles. The summed E-state index contributed by atoms with van der Waals surface area (Å²) >= 11 is 3.26. The van der Waals surface area contributed by atoms with Gasteiger partial charge in [-0.05, 0) is 24.6 Å². The largest absolute Gasteiger partial charge is 0.358 e. The second-order valence-electron chi connectivity index (χ2n) is 4.01. The number of benzene rings is 1. The molecular weight excluding hydrogens is 332 g/mol. The third-order valence-electron chi connectivity index (χ3n) is 2.72. The number of sulfonamides is 1. The molecule has 1 rings (SSSR count). The van der Waals surface area contributed by atoms with Crippen LogP contribution in [0.5, 0.6) is 0 Å². The SMILES string of the molecule is CCN(CC(=O)NC)S(=O)(=O)c1cc(Br)ccc1C. The monoisotopic (exact) mass is 348 g/mol. The number of hydrogen-bond donors (Lipinski definition) is 1. The molecular formula is C12H17BrN2O3S. The zero-order valence-corrected chi connectivity index (χ0v) is 13.5. The highest BCUT2D eigenvalue weighted by atomic mass is 79.9. The Kier molecular flexibility index (Phi) is 5.51. The standard InChI is InChI=1S/C12H17BrN2O3S/c1-4-15(8-12(16)14-3)19(17,18)11-7-10(13)6-5-9(11)2/h5-7H,4,8H2,1-3H3,(H,14,16). The van der Waals surface area contributed by atoms with Crippen LogP contribution in [0.3, 0.4) is 0 Å². The Morgan fingerprint density at radius 1 is 1.42 bits per heavy atom. The van der Waals surface area contributed by atoms with E-state index in [1.54, 1.807) is 32.0 Å². The van der Waals surface area contributed by atoms with Gasteiger partial charge in [0.2, 0.25) is 15.9 Å². The minimum Gasteiger partial charge on any atom is -0.358 e. The number of likely N-dealkylation sites (N-methyl/N-ethyl adjacent to an activating group) is 2. The van der Waals surface area contributed by atoms with Gasteiger partial charge >= 0.3 is 0 Å². The number of aryl methyl sites for hydroxylation is 1. The van der Waals surface area contributed by atoms with Crippen LogP contribution >= 0.6 is 15.9 Å². The van der Waals surface area contributed by atoms with Gasteiger partial charge in [-0.25, -0.2) is 8.42 Å². The highest BCUT2D eigenvalue weighted by Gasteiger charge is 2.26. The molecule has 1 aromatic carbocycles. The fourth-order valence-corrected chi connectivity index (χ4v) is 3.77. The van der Waals surface area contributed by atoms with Gasteiger partial charge in [0.15, 0.2) is 0 Å². The highest BCUT2D eigenvalue weighted by molar-refractivity contribution is 9.10. The predicted octanol–water partition coefficient (Wildman–Crippen LogP) is 1.51. The van der Waals surface area contributed by atoms with Gasteiger partial charge in [0.1, 0.15) is 0 Å². The molecule has 106 valence electrons. The third kappa shape index (κ3) is 3.77. The predicted molar refractivity (Wildman–Crippen MR) is 77.4 cm³/mol. The Bertz CT molecular complexity index is 572. The zero-order valence-electron chi connectivity index (χ0n) is 11.1. The number of carbonyl (C=O) groups excluding carboxylic acids is 1. The fraction of sp³-hybridized carbons (Fsp3) is 0.417. The first-order valence-electron chi connectivity index (χ1n) is 5.79. The van der Waals surface area contributed by atoms with Crippen molar-refractivity contribution in [1.29, 1.82) is 0 Å². The van der Waals surface area contributed by atoms with E-state index >= 15 is 0 Å². The van der Waals surface area contributed by atoms with Crippen molar-refractivity contribution in [1.82, 2.24) is 9.62 Å². The first-order valence-corrected chi connectivity index (χ1v) is 8.03. The number of nitrogens with zero attached hydrogens (tertiary/aromatic N) is 1. The lowest BCUT2D eigenvalue weighted by Crippen LogP contribution is -2.39. The minimum absolute atomic E-state index is 0.179. The Morgan fingerprint density at radius 3 is 2.58 bits per heavy atom. The Hall–Kier alpha value is -0.920. The van der Waals surface area contributed by atoms with Crippen molar-refractivity contribution in [2.75, 3.05) is 20.1 Å². The van der Waals surface area contributed by atoms with Crippen molar-refractivity contribution in [3.63, 3.8) is 0 Å². The van der Waals surface area contributed by atoms with Crippen molar-refractivity contribution in [2.24, 2.45) is 0 Å². The topological polar surface area (TPSA) is 66.5 Å². The van der Waals surface area contributed by atoms with Gasteiger partial charge in [-0.1, -0.05) is 28.9 Å². The maximum atomic E-state index is 12.5. The van der Waals surface area contributed by atoms with Crippen molar-refractivity contribution >= 4 is 31.9 Å². The molecule has 0 aliphatic carbocycles. The van der Waals surface area contributed by atoms with E-state index in [1.807, 2.05) is 0 Å². The summed E-state index contributed by atoms with van der Waals surface area (Å²) in [5, 5.41) is 2.43. The number of carbonyl (C=O) groups is 1. The molecule has 0 aliphatic heterocycles. The van der Waals surface area contributed by atoms with E-state index in [2.05, 4.69) is 21.2 Å². The van der Waals surface area contributed by atoms with Crippen LogP contribution < -0.4 is 5.32 Å².